The molecule has 5 heterocycles. The number of imidazole rings is 1. The molecular formula is C31H32F3N9O3. The SMILES string of the molecule is CCn1cc(C(F)(F)F)nc1-c1ccc(Cn2ncc3cnc(-c4c(OC)ncnc4C4CN(C(=O)OC(C)(C)C)C4)nc32)cc1. The van der Waals surface area contributed by atoms with Crippen LogP contribution in [0, 0.1) is 0 Å². The third kappa shape index (κ3) is 6.08. The van der Waals surface area contributed by atoms with Crippen molar-refractivity contribution < 1.29 is 27.4 Å². The quantitative estimate of drug-likeness (QED) is 0.225. The predicted molar refractivity (Wildman–Crippen MR) is 161 cm³/mol. The van der Waals surface area contributed by atoms with Crippen molar-refractivity contribution in [1.29, 1.82) is 0 Å². The fourth-order valence-electron chi connectivity index (χ4n) is 5.24. The number of alkyl halides is 3. The molecule has 240 valence electrons. The third-order valence-corrected chi connectivity index (χ3v) is 7.51. The van der Waals surface area contributed by atoms with Gasteiger partial charge in [-0.25, -0.2) is 34.4 Å². The Balaban J connectivity index is 1.26. The first-order chi connectivity index (χ1) is 21.8. The minimum Gasteiger partial charge on any atom is -0.480 e. The summed E-state index contributed by atoms with van der Waals surface area (Å²) in [4.78, 5) is 36.2. The van der Waals surface area contributed by atoms with E-state index in [0.29, 0.717) is 65.7 Å². The van der Waals surface area contributed by atoms with Gasteiger partial charge in [-0.2, -0.15) is 18.3 Å². The lowest BCUT2D eigenvalue weighted by Gasteiger charge is -2.39. The van der Waals surface area contributed by atoms with E-state index in [1.54, 1.807) is 41.0 Å². The molecule has 4 aromatic heterocycles. The molecule has 0 spiro atoms. The van der Waals surface area contributed by atoms with Crippen molar-refractivity contribution in [2.75, 3.05) is 20.2 Å². The van der Waals surface area contributed by atoms with Crippen LogP contribution < -0.4 is 4.74 Å². The van der Waals surface area contributed by atoms with Crippen molar-refractivity contribution in [2.24, 2.45) is 0 Å². The van der Waals surface area contributed by atoms with Crippen molar-refractivity contribution >= 4 is 17.1 Å². The van der Waals surface area contributed by atoms with Crippen LogP contribution in [0.15, 0.2) is 49.2 Å². The van der Waals surface area contributed by atoms with E-state index in [-0.39, 0.29) is 17.8 Å². The average Bonchev–Trinajstić information content (AvgIpc) is 3.60. The molecule has 5 aromatic rings. The zero-order valence-electron chi connectivity index (χ0n) is 25.9. The van der Waals surface area contributed by atoms with Gasteiger partial charge in [0.25, 0.3) is 0 Å². The van der Waals surface area contributed by atoms with Gasteiger partial charge in [-0.05, 0) is 33.3 Å². The molecule has 1 aliphatic heterocycles. The molecular weight excluding hydrogens is 603 g/mol. The van der Waals surface area contributed by atoms with Gasteiger partial charge in [0, 0.05) is 43.5 Å². The third-order valence-electron chi connectivity index (χ3n) is 7.51. The highest BCUT2D eigenvalue weighted by Crippen LogP contribution is 2.37. The number of benzene rings is 1. The lowest BCUT2D eigenvalue weighted by Crippen LogP contribution is -2.50. The summed E-state index contributed by atoms with van der Waals surface area (Å²) in [5.41, 5.74) is 1.66. The van der Waals surface area contributed by atoms with E-state index < -0.39 is 17.5 Å². The van der Waals surface area contributed by atoms with E-state index in [4.69, 9.17) is 14.5 Å². The molecule has 0 N–H and O–H groups in total. The molecule has 0 unspecified atom stereocenters. The second-order valence-corrected chi connectivity index (χ2v) is 11.9. The monoisotopic (exact) mass is 635 g/mol. The smallest absolute Gasteiger partial charge is 0.434 e. The van der Waals surface area contributed by atoms with Gasteiger partial charge in [-0.1, -0.05) is 24.3 Å². The summed E-state index contributed by atoms with van der Waals surface area (Å²) in [5, 5.41) is 5.21. The maximum absolute atomic E-state index is 13.3. The Bertz CT molecular complexity index is 1890. The maximum atomic E-state index is 13.3. The second kappa shape index (κ2) is 11.7. The number of rotatable bonds is 7. The van der Waals surface area contributed by atoms with Crippen LogP contribution in [0.25, 0.3) is 33.8 Å². The zero-order valence-corrected chi connectivity index (χ0v) is 25.9. The number of hydrogen-bond acceptors (Lipinski definition) is 9. The lowest BCUT2D eigenvalue weighted by atomic mass is 9.93. The van der Waals surface area contributed by atoms with E-state index in [1.165, 1.54) is 18.0 Å². The van der Waals surface area contributed by atoms with Gasteiger partial charge >= 0.3 is 12.3 Å². The number of amides is 1. The number of carbonyl (C=O) groups is 1. The van der Waals surface area contributed by atoms with Gasteiger partial charge in [0.2, 0.25) is 5.88 Å². The van der Waals surface area contributed by atoms with Gasteiger partial charge in [0.15, 0.2) is 17.2 Å². The molecule has 6 rings (SSSR count). The number of likely N-dealkylation sites (tertiary alicyclic amines) is 1. The topological polar surface area (TPSA) is 126 Å². The number of halogens is 3. The minimum absolute atomic E-state index is 0.0994. The van der Waals surface area contributed by atoms with Crippen LogP contribution in [0.4, 0.5) is 18.0 Å². The number of nitrogens with zero attached hydrogens (tertiary/aromatic N) is 9. The molecule has 12 nitrogen and oxygen atoms in total. The van der Waals surface area contributed by atoms with E-state index in [0.717, 1.165) is 11.8 Å². The fourth-order valence-corrected chi connectivity index (χ4v) is 5.24. The number of carbonyl (C=O) groups excluding carboxylic acids is 1. The number of aryl methyl sites for hydroxylation is 1. The van der Waals surface area contributed by atoms with E-state index in [9.17, 15) is 18.0 Å². The molecule has 46 heavy (non-hydrogen) atoms. The molecule has 0 saturated carbocycles. The average molecular weight is 636 g/mol. The number of methoxy groups -OCH3 is 1. The lowest BCUT2D eigenvalue weighted by molar-refractivity contribution is -0.140. The van der Waals surface area contributed by atoms with E-state index in [2.05, 4.69) is 25.0 Å². The molecule has 1 amide bonds. The van der Waals surface area contributed by atoms with Crippen molar-refractivity contribution in [3.8, 4) is 28.7 Å². The molecule has 0 aliphatic carbocycles. The number of hydrogen-bond donors (Lipinski definition) is 0. The zero-order chi connectivity index (χ0) is 32.8. The highest BCUT2D eigenvalue weighted by molar-refractivity contribution is 5.78. The number of ether oxygens (including phenoxy) is 2. The highest BCUT2D eigenvalue weighted by atomic mass is 19.4. The van der Waals surface area contributed by atoms with E-state index in [1.807, 2.05) is 32.9 Å². The molecule has 0 bridgehead atoms. The maximum Gasteiger partial charge on any atom is 0.434 e. The van der Waals surface area contributed by atoms with Crippen LogP contribution in [0.2, 0.25) is 0 Å². The van der Waals surface area contributed by atoms with Crippen molar-refractivity contribution in [1.82, 2.24) is 44.2 Å². The van der Waals surface area contributed by atoms with Crippen LogP contribution in [0.1, 0.15) is 50.6 Å². The van der Waals surface area contributed by atoms with Crippen molar-refractivity contribution in [3.63, 3.8) is 0 Å². The van der Waals surface area contributed by atoms with E-state index >= 15 is 0 Å². The van der Waals surface area contributed by atoms with Crippen LogP contribution in [0.3, 0.4) is 0 Å². The Kier molecular flexibility index (Phi) is 7.86. The molecule has 1 fully saturated rings. The first kappa shape index (κ1) is 30.9. The normalized spacial score (nSPS) is 14.0. The first-order valence-electron chi connectivity index (χ1n) is 14.6. The molecule has 1 aromatic carbocycles. The summed E-state index contributed by atoms with van der Waals surface area (Å²) < 4.78 is 54.0. The molecule has 0 atom stereocenters. The molecule has 0 radical (unpaired) electrons. The van der Waals surface area contributed by atoms with Gasteiger partial charge < -0.3 is 18.9 Å². The summed E-state index contributed by atoms with van der Waals surface area (Å²) in [6.45, 7) is 8.75. The van der Waals surface area contributed by atoms with Crippen LogP contribution >= 0.6 is 0 Å². The fraction of sp³-hybridized carbons (Fsp3) is 0.387. The van der Waals surface area contributed by atoms with Gasteiger partial charge in [0.05, 0.1) is 30.9 Å². The summed E-state index contributed by atoms with van der Waals surface area (Å²) in [7, 11) is 1.51. The van der Waals surface area contributed by atoms with Crippen LogP contribution in [-0.2, 0) is 24.0 Å². The Morgan fingerprint density at radius 3 is 2.41 bits per heavy atom. The standard InChI is InChI=1S/C31H32F3N9O3/c1-6-41-16-22(31(32,33)34)39-26(41)19-9-7-18(8-10-19)13-43-27-20(12-38-43)11-35-25(40-27)23-24(36-17-37-28(23)45-5)21-14-42(15-21)29(44)46-30(2,3)4/h7-12,16-17,21H,6,13-15H2,1-5H3. The molecule has 1 aliphatic rings. The van der Waals surface area contributed by atoms with Gasteiger partial charge in [-0.3, -0.25) is 0 Å². The Morgan fingerprint density at radius 2 is 1.76 bits per heavy atom. The summed E-state index contributed by atoms with van der Waals surface area (Å²) in [6, 6.07) is 7.14. The summed E-state index contributed by atoms with van der Waals surface area (Å²) in [5.74, 6) is 0.803. The van der Waals surface area contributed by atoms with Gasteiger partial charge in [-0.15, -0.1) is 0 Å². The largest absolute Gasteiger partial charge is 0.480 e. The number of fused-ring (bicyclic) bond motifs is 1. The minimum atomic E-state index is -4.52. The first-order valence-corrected chi connectivity index (χ1v) is 14.6. The Hall–Kier alpha value is -5.08. The van der Waals surface area contributed by atoms with Crippen molar-refractivity contribution in [3.05, 3.63) is 66.1 Å². The van der Waals surface area contributed by atoms with Crippen LogP contribution in [-0.4, -0.2) is 76.1 Å². The summed E-state index contributed by atoms with van der Waals surface area (Å²) >= 11 is 0. The van der Waals surface area contributed by atoms with Crippen LogP contribution in [0.5, 0.6) is 5.88 Å². The molecule has 15 heteroatoms. The Morgan fingerprint density at radius 1 is 1.02 bits per heavy atom. The Labute approximate surface area is 262 Å². The summed E-state index contributed by atoms with van der Waals surface area (Å²) in [6.07, 6.45) is 0.855. The molecule has 1 saturated heterocycles. The number of aromatic nitrogens is 8. The highest BCUT2D eigenvalue weighted by Gasteiger charge is 2.38. The van der Waals surface area contributed by atoms with Crippen molar-refractivity contribution in [2.45, 2.75) is 58.5 Å². The van der Waals surface area contributed by atoms with Gasteiger partial charge in [0.1, 0.15) is 23.3 Å². The predicted octanol–water partition coefficient (Wildman–Crippen LogP) is 5.58. The second-order valence-electron chi connectivity index (χ2n) is 11.9.